The van der Waals surface area contributed by atoms with Crippen molar-refractivity contribution in [1.29, 1.82) is 0 Å². The summed E-state index contributed by atoms with van der Waals surface area (Å²) in [7, 11) is 0. The van der Waals surface area contributed by atoms with Crippen LogP contribution in [0.15, 0.2) is 22.8 Å². The van der Waals surface area contributed by atoms with E-state index in [-0.39, 0.29) is 0 Å². The van der Waals surface area contributed by atoms with Crippen LogP contribution in [0.2, 0.25) is 0 Å². The molecule has 0 radical (unpaired) electrons. The lowest BCUT2D eigenvalue weighted by Gasteiger charge is -2.05. The molecule has 0 bridgehead atoms. The SMILES string of the molecule is Cc1nnc(SCCCn2ccnc2-c2cc3n(n2)CCCNC3)s1. The van der Waals surface area contributed by atoms with Crippen molar-refractivity contribution < 1.29 is 0 Å². The molecule has 0 amide bonds. The van der Waals surface area contributed by atoms with Gasteiger partial charge < -0.3 is 9.88 Å². The largest absolute Gasteiger partial charge is 0.330 e. The number of imidazole rings is 1. The smallest absolute Gasteiger partial charge is 0.174 e. The lowest BCUT2D eigenvalue weighted by molar-refractivity contribution is 0.587. The van der Waals surface area contributed by atoms with Crippen molar-refractivity contribution in [1.82, 2.24) is 34.8 Å². The molecule has 0 atom stereocenters. The first kappa shape index (κ1) is 16.7. The fourth-order valence-electron chi connectivity index (χ4n) is 2.92. The number of rotatable bonds is 6. The summed E-state index contributed by atoms with van der Waals surface area (Å²) in [5.41, 5.74) is 2.21. The van der Waals surface area contributed by atoms with E-state index in [0.29, 0.717) is 0 Å². The zero-order valence-electron chi connectivity index (χ0n) is 14.2. The molecule has 1 aliphatic rings. The summed E-state index contributed by atoms with van der Waals surface area (Å²) in [6, 6.07) is 2.16. The van der Waals surface area contributed by atoms with Crippen LogP contribution in [0.1, 0.15) is 23.5 Å². The van der Waals surface area contributed by atoms with Gasteiger partial charge in [0.2, 0.25) is 0 Å². The molecule has 1 aliphatic heterocycles. The summed E-state index contributed by atoms with van der Waals surface area (Å²) < 4.78 is 5.36. The van der Waals surface area contributed by atoms with Gasteiger partial charge in [-0.2, -0.15) is 5.10 Å². The Labute approximate surface area is 154 Å². The van der Waals surface area contributed by atoms with E-state index in [9.17, 15) is 0 Å². The molecular weight excluding hydrogens is 354 g/mol. The number of nitrogens with zero attached hydrogens (tertiary/aromatic N) is 6. The van der Waals surface area contributed by atoms with Crippen molar-refractivity contribution >= 4 is 23.1 Å². The molecule has 0 spiro atoms. The van der Waals surface area contributed by atoms with E-state index in [0.717, 1.165) is 65.6 Å². The second-order valence-corrected chi connectivity index (χ2v) is 8.53. The number of nitrogens with one attached hydrogen (secondary N) is 1. The highest BCUT2D eigenvalue weighted by Crippen LogP contribution is 2.23. The molecule has 4 heterocycles. The zero-order chi connectivity index (χ0) is 17.1. The average Bonchev–Trinajstić information content (AvgIpc) is 3.29. The maximum atomic E-state index is 4.76. The fraction of sp³-hybridized carbons (Fsp3) is 0.500. The van der Waals surface area contributed by atoms with E-state index >= 15 is 0 Å². The van der Waals surface area contributed by atoms with Gasteiger partial charge in [-0.3, -0.25) is 4.68 Å². The first-order valence-corrected chi connectivity index (χ1v) is 10.3. The first-order valence-electron chi connectivity index (χ1n) is 8.51. The predicted octanol–water partition coefficient (Wildman–Crippen LogP) is 2.58. The molecule has 9 heteroatoms. The van der Waals surface area contributed by atoms with Gasteiger partial charge in [-0.1, -0.05) is 23.1 Å². The number of hydrogen-bond acceptors (Lipinski definition) is 7. The quantitative estimate of drug-likeness (QED) is 0.527. The molecule has 0 aliphatic carbocycles. The second kappa shape index (κ2) is 7.67. The van der Waals surface area contributed by atoms with Gasteiger partial charge in [-0.15, -0.1) is 10.2 Å². The molecule has 4 rings (SSSR count). The molecule has 3 aromatic rings. The minimum Gasteiger partial charge on any atom is -0.330 e. The van der Waals surface area contributed by atoms with Crippen molar-refractivity contribution in [3.05, 3.63) is 29.2 Å². The Morgan fingerprint density at radius 1 is 1.36 bits per heavy atom. The Kier molecular flexibility index (Phi) is 5.14. The molecule has 0 aromatic carbocycles. The molecule has 0 saturated carbocycles. The van der Waals surface area contributed by atoms with Crippen molar-refractivity contribution in [2.45, 2.75) is 43.7 Å². The number of thioether (sulfide) groups is 1. The van der Waals surface area contributed by atoms with Gasteiger partial charge in [0, 0.05) is 37.8 Å². The van der Waals surface area contributed by atoms with Gasteiger partial charge in [0.25, 0.3) is 0 Å². The molecule has 0 fully saturated rings. The van der Waals surface area contributed by atoms with Gasteiger partial charge in [0.15, 0.2) is 10.2 Å². The highest BCUT2D eigenvalue weighted by atomic mass is 32.2. The molecule has 3 aromatic heterocycles. The monoisotopic (exact) mass is 375 g/mol. The summed E-state index contributed by atoms with van der Waals surface area (Å²) >= 11 is 3.43. The summed E-state index contributed by atoms with van der Waals surface area (Å²) in [6.07, 6.45) is 6.07. The molecule has 1 N–H and O–H groups in total. The topological polar surface area (TPSA) is 73.5 Å². The Balaban J connectivity index is 1.39. The fourth-order valence-corrected chi connectivity index (χ4v) is 4.74. The Bertz CT molecular complexity index is 812. The van der Waals surface area contributed by atoms with Crippen molar-refractivity contribution in [3.63, 3.8) is 0 Å². The maximum absolute atomic E-state index is 4.76. The van der Waals surface area contributed by atoms with Crippen molar-refractivity contribution in [2.75, 3.05) is 12.3 Å². The lowest BCUT2D eigenvalue weighted by Crippen LogP contribution is -2.11. The normalized spacial score (nSPS) is 14.4. The van der Waals surface area contributed by atoms with Crippen LogP contribution in [-0.4, -0.2) is 41.8 Å². The third kappa shape index (κ3) is 3.94. The minimum atomic E-state index is 0.881. The summed E-state index contributed by atoms with van der Waals surface area (Å²) in [5, 5.41) is 17.4. The van der Waals surface area contributed by atoms with E-state index in [1.54, 1.807) is 23.1 Å². The molecule has 0 saturated heterocycles. The summed E-state index contributed by atoms with van der Waals surface area (Å²) in [5.74, 6) is 1.98. The third-order valence-corrected chi connectivity index (χ3v) is 6.17. The number of aromatic nitrogens is 6. The Hall–Kier alpha value is -1.71. The van der Waals surface area contributed by atoms with E-state index in [1.807, 2.05) is 19.3 Å². The summed E-state index contributed by atoms with van der Waals surface area (Å²) in [6.45, 7) is 5.83. The summed E-state index contributed by atoms with van der Waals surface area (Å²) in [4.78, 5) is 4.53. The van der Waals surface area contributed by atoms with Gasteiger partial charge in [0.1, 0.15) is 10.7 Å². The van der Waals surface area contributed by atoms with Gasteiger partial charge >= 0.3 is 0 Å². The molecule has 7 nitrogen and oxygen atoms in total. The molecular formula is C16H21N7S2. The highest BCUT2D eigenvalue weighted by Gasteiger charge is 2.15. The number of hydrogen-bond donors (Lipinski definition) is 1. The number of aryl methyl sites for hydroxylation is 3. The molecule has 0 unspecified atom stereocenters. The molecule has 25 heavy (non-hydrogen) atoms. The lowest BCUT2D eigenvalue weighted by atomic mass is 10.3. The standard InChI is InChI=1S/C16H21N7S2/c1-12-19-20-16(25-12)24-9-3-6-22-8-5-18-15(22)14-10-13-11-17-4-2-7-23(13)21-14/h5,8,10,17H,2-4,6-7,9,11H2,1H3. The van der Waals surface area contributed by atoms with Crippen molar-refractivity contribution in [2.24, 2.45) is 0 Å². The van der Waals surface area contributed by atoms with Crippen LogP contribution in [0.4, 0.5) is 0 Å². The van der Waals surface area contributed by atoms with E-state index in [4.69, 9.17) is 5.10 Å². The van der Waals surface area contributed by atoms with Crippen LogP contribution in [-0.2, 0) is 19.6 Å². The Morgan fingerprint density at radius 3 is 3.20 bits per heavy atom. The third-order valence-electron chi connectivity index (χ3n) is 4.11. The maximum Gasteiger partial charge on any atom is 0.174 e. The van der Waals surface area contributed by atoms with E-state index < -0.39 is 0 Å². The van der Waals surface area contributed by atoms with Crippen molar-refractivity contribution in [3.8, 4) is 11.5 Å². The van der Waals surface area contributed by atoms with Crippen LogP contribution in [0.25, 0.3) is 11.5 Å². The predicted molar refractivity (Wildman–Crippen MR) is 99.8 cm³/mol. The van der Waals surface area contributed by atoms with E-state index in [1.165, 1.54) is 5.69 Å². The average molecular weight is 376 g/mol. The molecule has 132 valence electrons. The zero-order valence-corrected chi connectivity index (χ0v) is 15.8. The van der Waals surface area contributed by atoms with Crippen LogP contribution in [0, 0.1) is 6.92 Å². The van der Waals surface area contributed by atoms with Gasteiger partial charge in [0.05, 0.1) is 5.69 Å². The van der Waals surface area contributed by atoms with E-state index in [2.05, 4.69) is 35.8 Å². The number of fused-ring (bicyclic) bond motifs is 1. The van der Waals surface area contributed by atoms with Crippen LogP contribution in [0.3, 0.4) is 0 Å². The van der Waals surface area contributed by atoms with Crippen LogP contribution < -0.4 is 5.32 Å². The minimum absolute atomic E-state index is 0.881. The highest BCUT2D eigenvalue weighted by molar-refractivity contribution is 8.01. The van der Waals surface area contributed by atoms with Gasteiger partial charge in [-0.25, -0.2) is 4.98 Å². The van der Waals surface area contributed by atoms with Crippen LogP contribution in [0.5, 0.6) is 0 Å². The first-order chi connectivity index (χ1) is 12.3. The Morgan fingerprint density at radius 2 is 2.32 bits per heavy atom. The van der Waals surface area contributed by atoms with Crippen LogP contribution >= 0.6 is 23.1 Å². The second-order valence-electron chi connectivity index (χ2n) is 6.01. The van der Waals surface area contributed by atoms with Gasteiger partial charge in [-0.05, 0) is 32.4 Å².